The highest BCUT2D eigenvalue weighted by Gasteiger charge is 2.25. The van der Waals surface area contributed by atoms with Gasteiger partial charge in [-0.25, -0.2) is 28.5 Å². The summed E-state index contributed by atoms with van der Waals surface area (Å²) in [5.41, 5.74) is 1.61. The number of nitrogens with zero attached hydrogens (tertiary/aromatic N) is 5. The number of carbonyl (C=O) groups excluding carboxylic acids is 1. The highest BCUT2D eigenvalue weighted by atomic mass is 19.1. The normalized spacial score (nSPS) is 13.8. The standard InChI is InChI=1S/C24H23FN6O4/c1-34-19-8-7-15(23(32)35-2)13-18(19)29-9-11-30(12-10-29)21-20-22(27-14-26-21)31(24(33)28-20)17-6-4-3-5-16(17)25/h3-8,13-14H,9-12H2,1-2H3,(H,28,33). The molecule has 5 rings (SSSR count). The minimum Gasteiger partial charge on any atom is -0.495 e. The van der Waals surface area contributed by atoms with E-state index in [2.05, 4.69) is 19.9 Å². The summed E-state index contributed by atoms with van der Waals surface area (Å²) in [7, 11) is 2.93. The Labute approximate surface area is 199 Å². The third kappa shape index (κ3) is 3.94. The van der Waals surface area contributed by atoms with E-state index < -0.39 is 17.5 Å². The number of nitrogens with one attached hydrogen (secondary N) is 1. The fourth-order valence-corrected chi connectivity index (χ4v) is 4.35. The molecule has 1 aliphatic heterocycles. The second-order valence-electron chi connectivity index (χ2n) is 7.97. The summed E-state index contributed by atoms with van der Waals surface area (Å²) in [6.07, 6.45) is 1.37. The molecule has 3 heterocycles. The number of halogens is 1. The van der Waals surface area contributed by atoms with Crippen LogP contribution in [0, 0.1) is 5.82 Å². The van der Waals surface area contributed by atoms with Gasteiger partial charge in [0.05, 0.1) is 31.2 Å². The quantitative estimate of drug-likeness (QED) is 0.436. The van der Waals surface area contributed by atoms with Gasteiger partial charge in [-0.2, -0.15) is 0 Å². The Balaban J connectivity index is 1.44. The molecular formula is C24H23FN6O4. The van der Waals surface area contributed by atoms with Crippen LogP contribution in [0.15, 0.2) is 53.6 Å². The molecule has 0 unspecified atom stereocenters. The van der Waals surface area contributed by atoms with E-state index in [0.717, 1.165) is 5.69 Å². The SMILES string of the molecule is COC(=O)c1ccc(OC)c(N2CCN(c3ncnc4c3[nH]c(=O)n4-c3ccccc3F)CC2)c1. The number of benzene rings is 2. The van der Waals surface area contributed by atoms with Crippen LogP contribution < -0.4 is 20.2 Å². The van der Waals surface area contributed by atoms with E-state index >= 15 is 0 Å². The highest BCUT2D eigenvalue weighted by Crippen LogP contribution is 2.32. The van der Waals surface area contributed by atoms with E-state index in [4.69, 9.17) is 9.47 Å². The number of aromatic nitrogens is 4. The number of anilines is 2. The van der Waals surface area contributed by atoms with Crippen molar-refractivity contribution in [3.63, 3.8) is 0 Å². The van der Waals surface area contributed by atoms with Gasteiger partial charge in [0.25, 0.3) is 0 Å². The van der Waals surface area contributed by atoms with E-state index in [1.165, 1.54) is 30.1 Å². The lowest BCUT2D eigenvalue weighted by atomic mass is 10.1. The van der Waals surface area contributed by atoms with Gasteiger partial charge in [-0.1, -0.05) is 12.1 Å². The number of imidazole rings is 1. The molecule has 2 aromatic carbocycles. The Hall–Kier alpha value is -4.41. The molecule has 0 atom stereocenters. The van der Waals surface area contributed by atoms with Gasteiger partial charge in [0.2, 0.25) is 0 Å². The maximum absolute atomic E-state index is 14.4. The smallest absolute Gasteiger partial charge is 0.337 e. The minimum absolute atomic E-state index is 0.121. The number of rotatable bonds is 5. The van der Waals surface area contributed by atoms with E-state index in [9.17, 15) is 14.0 Å². The van der Waals surface area contributed by atoms with Gasteiger partial charge < -0.3 is 24.3 Å². The Morgan fingerprint density at radius 1 is 1.00 bits per heavy atom. The predicted molar refractivity (Wildman–Crippen MR) is 128 cm³/mol. The first kappa shape index (κ1) is 22.4. The van der Waals surface area contributed by atoms with Crippen molar-refractivity contribution >= 4 is 28.6 Å². The van der Waals surface area contributed by atoms with Crippen molar-refractivity contribution < 1.29 is 18.7 Å². The number of aromatic amines is 1. The largest absolute Gasteiger partial charge is 0.495 e. The van der Waals surface area contributed by atoms with Gasteiger partial charge >= 0.3 is 11.7 Å². The van der Waals surface area contributed by atoms with E-state index in [0.29, 0.717) is 54.5 Å². The summed E-state index contributed by atoms with van der Waals surface area (Å²) in [6.45, 7) is 2.41. The molecule has 1 saturated heterocycles. The summed E-state index contributed by atoms with van der Waals surface area (Å²) in [6, 6.07) is 11.2. The number of H-pyrrole nitrogens is 1. The van der Waals surface area contributed by atoms with Crippen molar-refractivity contribution in [1.82, 2.24) is 19.5 Å². The lowest BCUT2D eigenvalue weighted by molar-refractivity contribution is 0.0600. The Kier molecular flexibility index (Phi) is 5.81. The van der Waals surface area contributed by atoms with Gasteiger partial charge in [0.1, 0.15) is 23.4 Å². The number of esters is 1. The van der Waals surface area contributed by atoms with E-state index in [1.54, 1.807) is 37.4 Å². The lowest BCUT2D eigenvalue weighted by Gasteiger charge is -2.37. The highest BCUT2D eigenvalue weighted by molar-refractivity contribution is 5.91. The molecule has 180 valence electrons. The number of piperazine rings is 1. The zero-order valence-corrected chi connectivity index (χ0v) is 19.2. The summed E-state index contributed by atoms with van der Waals surface area (Å²) >= 11 is 0. The molecule has 0 saturated carbocycles. The molecule has 1 N–H and O–H groups in total. The van der Waals surface area contributed by atoms with E-state index in [1.807, 2.05) is 4.90 Å². The van der Waals surface area contributed by atoms with E-state index in [-0.39, 0.29) is 5.69 Å². The molecule has 0 radical (unpaired) electrons. The predicted octanol–water partition coefficient (Wildman–Crippen LogP) is 2.37. The average Bonchev–Trinajstić information content (AvgIpc) is 3.24. The molecule has 0 aliphatic carbocycles. The van der Waals surface area contributed by atoms with Crippen molar-refractivity contribution in [2.24, 2.45) is 0 Å². The van der Waals surface area contributed by atoms with Crippen LogP contribution in [0.5, 0.6) is 5.75 Å². The molecule has 4 aromatic rings. The molecular weight excluding hydrogens is 455 g/mol. The zero-order valence-electron chi connectivity index (χ0n) is 19.2. The zero-order chi connectivity index (χ0) is 24.5. The Morgan fingerprint density at radius 2 is 1.74 bits per heavy atom. The molecule has 1 fully saturated rings. The van der Waals surface area contributed by atoms with Gasteiger partial charge in [0, 0.05) is 26.2 Å². The van der Waals surface area contributed by atoms with Crippen molar-refractivity contribution in [2.45, 2.75) is 0 Å². The number of fused-ring (bicyclic) bond motifs is 1. The van der Waals surface area contributed by atoms with Crippen LogP contribution in [0.25, 0.3) is 16.9 Å². The Bertz CT molecular complexity index is 1460. The van der Waals surface area contributed by atoms with Crippen LogP contribution in [0.2, 0.25) is 0 Å². The van der Waals surface area contributed by atoms with Gasteiger partial charge in [-0.15, -0.1) is 0 Å². The lowest BCUT2D eigenvalue weighted by Crippen LogP contribution is -2.47. The molecule has 0 bridgehead atoms. The first-order valence-corrected chi connectivity index (χ1v) is 11.0. The molecule has 0 amide bonds. The minimum atomic E-state index is -0.521. The van der Waals surface area contributed by atoms with Crippen LogP contribution in [-0.4, -0.2) is 65.9 Å². The first-order valence-electron chi connectivity index (χ1n) is 11.0. The van der Waals surface area contributed by atoms with Gasteiger partial charge in [-0.05, 0) is 30.3 Å². The fraction of sp³-hybridized carbons (Fsp3) is 0.250. The van der Waals surface area contributed by atoms with Crippen LogP contribution in [0.3, 0.4) is 0 Å². The molecule has 35 heavy (non-hydrogen) atoms. The van der Waals surface area contributed by atoms with Crippen molar-refractivity contribution in [1.29, 1.82) is 0 Å². The summed E-state index contributed by atoms with van der Waals surface area (Å²) in [5.74, 6) is 0.283. The molecule has 11 heteroatoms. The maximum atomic E-state index is 14.4. The fourth-order valence-electron chi connectivity index (χ4n) is 4.35. The van der Waals surface area contributed by atoms with Crippen molar-refractivity contribution in [2.75, 3.05) is 50.2 Å². The molecule has 2 aromatic heterocycles. The molecule has 10 nitrogen and oxygen atoms in total. The van der Waals surface area contributed by atoms with Gasteiger partial charge in [0.15, 0.2) is 11.5 Å². The number of ether oxygens (including phenoxy) is 2. The number of methoxy groups -OCH3 is 2. The van der Waals surface area contributed by atoms with Crippen LogP contribution in [0.4, 0.5) is 15.9 Å². The monoisotopic (exact) mass is 478 g/mol. The number of para-hydroxylation sites is 1. The third-order valence-electron chi connectivity index (χ3n) is 6.07. The summed E-state index contributed by atoms with van der Waals surface area (Å²) in [4.78, 5) is 40.4. The second kappa shape index (κ2) is 9.09. The maximum Gasteiger partial charge on any atom is 0.337 e. The summed E-state index contributed by atoms with van der Waals surface area (Å²) < 4.78 is 26.0. The first-order chi connectivity index (χ1) is 17.0. The third-order valence-corrected chi connectivity index (χ3v) is 6.07. The van der Waals surface area contributed by atoms with Crippen LogP contribution >= 0.6 is 0 Å². The number of carbonyl (C=O) groups is 1. The van der Waals surface area contributed by atoms with Crippen LogP contribution in [0.1, 0.15) is 10.4 Å². The van der Waals surface area contributed by atoms with Gasteiger partial charge in [-0.3, -0.25) is 0 Å². The van der Waals surface area contributed by atoms with Crippen LogP contribution in [-0.2, 0) is 4.74 Å². The molecule has 0 spiro atoms. The summed E-state index contributed by atoms with van der Waals surface area (Å²) in [5, 5.41) is 0. The van der Waals surface area contributed by atoms with Crippen molar-refractivity contribution in [3.8, 4) is 11.4 Å². The average molecular weight is 478 g/mol. The number of hydrogen-bond acceptors (Lipinski definition) is 8. The number of hydrogen-bond donors (Lipinski definition) is 1. The second-order valence-corrected chi connectivity index (χ2v) is 7.97. The Morgan fingerprint density at radius 3 is 2.46 bits per heavy atom. The topological polar surface area (TPSA) is 106 Å². The van der Waals surface area contributed by atoms with Crippen molar-refractivity contribution in [3.05, 3.63) is 70.7 Å². The molecule has 1 aliphatic rings.